The number of carboxylic acid groups (broad SMARTS) is 1. The standard InChI is InChI=1S/C21H22N6O4.C2HF3O2/c1-30-20(29)26-12-17-23-24-18(15-3-2-7-22-11-15)27(17)21(14-26)5-8-25(9-6-21)19(28)16-4-10-31-13-16;3-2(4,5)1(6)7/h2-4,7,10-11,13H,5-6,8-9,12,14H2,1H3;(H,6,7). The van der Waals surface area contributed by atoms with Gasteiger partial charge in [-0.25, -0.2) is 9.59 Å². The number of methoxy groups -OCH3 is 1. The maximum atomic E-state index is 12.8. The third kappa shape index (κ3) is 5.31. The number of rotatable bonds is 2. The van der Waals surface area contributed by atoms with Crippen molar-refractivity contribution < 1.29 is 41.8 Å². The molecular weight excluding hydrogens is 513 g/mol. The molecular formula is C23H23F3N6O6. The zero-order valence-corrected chi connectivity index (χ0v) is 20.1. The molecule has 0 aromatic carbocycles. The summed E-state index contributed by atoms with van der Waals surface area (Å²) in [4.78, 5) is 41.7. The number of pyridine rings is 1. The van der Waals surface area contributed by atoms with E-state index in [2.05, 4.69) is 19.7 Å². The van der Waals surface area contributed by atoms with Crippen molar-refractivity contribution in [3.05, 3.63) is 54.5 Å². The third-order valence-electron chi connectivity index (χ3n) is 6.37. The van der Waals surface area contributed by atoms with Gasteiger partial charge in [-0.2, -0.15) is 13.2 Å². The first-order valence-corrected chi connectivity index (χ1v) is 11.4. The topological polar surface area (TPSA) is 144 Å². The molecule has 2 aliphatic heterocycles. The maximum Gasteiger partial charge on any atom is 0.490 e. The third-order valence-corrected chi connectivity index (χ3v) is 6.37. The molecule has 0 unspecified atom stereocenters. The van der Waals surface area contributed by atoms with Gasteiger partial charge in [-0.3, -0.25) is 14.7 Å². The van der Waals surface area contributed by atoms with Gasteiger partial charge in [0.15, 0.2) is 11.6 Å². The number of carbonyl (C=O) groups is 3. The van der Waals surface area contributed by atoms with Crippen molar-refractivity contribution in [2.75, 3.05) is 26.7 Å². The first kappa shape index (κ1) is 26.6. The number of halogens is 3. The second-order valence-electron chi connectivity index (χ2n) is 8.67. The van der Waals surface area contributed by atoms with Gasteiger partial charge >= 0.3 is 18.2 Å². The lowest BCUT2D eigenvalue weighted by Crippen LogP contribution is -2.57. The number of nitrogens with zero attached hydrogens (tertiary/aromatic N) is 6. The largest absolute Gasteiger partial charge is 0.490 e. The SMILES string of the molecule is COC(=O)N1Cc2nnc(-c3cccnc3)n2C2(CCN(C(=O)c3ccoc3)CC2)C1.O=C(O)C(F)(F)F. The molecule has 0 aliphatic carbocycles. The van der Waals surface area contributed by atoms with Gasteiger partial charge in [0.1, 0.15) is 6.26 Å². The second kappa shape index (κ2) is 10.5. The fourth-order valence-electron chi connectivity index (χ4n) is 4.59. The van der Waals surface area contributed by atoms with E-state index >= 15 is 0 Å². The number of piperidine rings is 1. The molecule has 38 heavy (non-hydrogen) atoms. The Balaban J connectivity index is 0.000000426. The van der Waals surface area contributed by atoms with Crippen LogP contribution in [-0.4, -0.2) is 85.5 Å². The van der Waals surface area contributed by atoms with E-state index in [1.54, 1.807) is 23.4 Å². The predicted molar refractivity (Wildman–Crippen MR) is 122 cm³/mol. The number of fused-ring (bicyclic) bond motifs is 2. The molecule has 0 saturated carbocycles. The molecule has 0 bridgehead atoms. The lowest BCUT2D eigenvalue weighted by Gasteiger charge is -2.48. The molecule has 1 fully saturated rings. The van der Waals surface area contributed by atoms with E-state index in [1.165, 1.54) is 19.6 Å². The molecule has 5 heterocycles. The summed E-state index contributed by atoms with van der Waals surface area (Å²) in [5, 5.41) is 15.9. The number of aromatic nitrogens is 4. The zero-order valence-electron chi connectivity index (χ0n) is 20.1. The Labute approximate surface area is 213 Å². The lowest BCUT2D eigenvalue weighted by atomic mass is 9.84. The molecule has 2 amide bonds. The number of ether oxygens (including phenoxy) is 1. The van der Waals surface area contributed by atoms with Crippen LogP contribution in [0.5, 0.6) is 0 Å². The van der Waals surface area contributed by atoms with E-state index in [1.807, 2.05) is 17.0 Å². The summed E-state index contributed by atoms with van der Waals surface area (Å²) in [5.74, 6) is -1.39. The molecule has 1 saturated heterocycles. The van der Waals surface area contributed by atoms with Gasteiger partial charge in [0, 0.05) is 37.6 Å². The molecule has 2 aliphatic rings. The van der Waals surface area contributed by atoms with Crippen molar-refractivity contribution in [3.63, 3.8) is 0 Å². The molecule has 12 nitrogen and oxygen atoms in total. The molecule has 0 radical (unpaired) electrons. The number of furan rings is 1. The summed E-state index contributed by atoms with van der Waals surface area (Å²) in [6.45, 7) is 1.87. The Kier molecular flexibility index (Phi) is 7.37. The van der Waals surface area contributed by atoms with Gasteiger partial charge in [0.2, 0.25) is 0 Å². The van der Waals surface area contributed by atoms with Crippen LogP contribution in [0.2, 0.25) is 0 Å². The smallest absolute Gasteiger partial charge is 0.475 e. The summed E-state index contributed by atoms with van der Waals surface area (Å²) in [7, 11) is 1.38. The van der Waals surface area contributed by atoms with E-state index in [0.717, 1.165) is 11.4 Å². The molecule has 5 rings (SSSR count). The number of aliphatic carboxylic acids is 1. The van der Waals surface area contributed by atoms with Crippen LogP contribution in [-0.2, 0) is 21.6 Å². The monoisotopic (exact) mass is 536 g/mol. The normalized spacial score (nSPS) is 16.3. The summed E-state index contributed by atoms with van der Waals surface area (Å²) >= 11 is 0. The predicted octanol–water partition coefficient (Wildman–Crippen LogP) is 2.78. The van der Waals surface area contributed by atoms with Crippen LogP contribution >= 0.6 is 0 Å². The second-order valence-corrected chi connectivity index (χ2v) is 8.67. The van der Waals surface area contributed by atoms with E-state index in [0.29, 0.717) is 50.4 Å². The number of carboxylic acids is 1. The molecule has 3 aromatic rings. The van der Waals surface area contributed by atoms with Crippen LogP contribution in [0.3, 0.4) is 0 Å². The van der Waals surface area contributed by atoms with Crippen LogP contribution < -0.4 is 0 Å². The molecule has 15 heteroatoms. The van der Waals surface area contributed by atoms with E-state index in [9.17, 15) is 22.8 Å². The van der Waals surface area contributed by atoms with Crippen molar-refractivity contribution in [1.82, 2.24) is 29.5 Å². The van der Waals surface area contributed by atoms with E-state index in [-0.39, 0.29) is 5.91 Å². The number of amides is 2. The average molecular weight is 536 g/mol. The van der Waals surface area contributed by atoms with Gasteiger partial charge in [0.25, 0.3) is 5.91 Å². The minimum absolute atomic E-state index is 0.0549. The average Bonchev–Trinajstić information content (AvgIpc) is 3.60. The molecule has 0 atom stereocenters. The summed E-state index contributed by atoms with van der Waals surface area (Å²) < 4.78 is 43.9. The first-order valence-electron chi connectivity index (χ1n) is 11.4. The Morgan fingerprint density at radius 1 is 1.13 bits per heavy atom. The van der Waals surface area contributed by atoms with Gasteiger partial charge < -0.3 is 23.7 Å². The minimum Gasteiger partial charge on any atom is -0.475 e. The van der Waals surface area contributed by atoms with Gasteiger partial charge in [0.05, 0.1) is 31.0 Å². The Morgan fingerprint density at radius 3 is 2.39 bits per heavy atom. The Hall–Kier alpha value is -4.43. The molecule has 3 aromatic heterocycles. The van der Waals surface area contributed by atoms with E-state index in [4.69, 9.17) is 19.1 Å². The number of hydrogen-bond donors (Lipinski definition) is 1. The minimum atomic E-state index is -5.08. The van der Waals surface area contributed by atoms with Crippen molar-refractivity contribution in [1.29, 1.82) is 0 Å². The maximum absolute atomic E-state index is 12.8. The fourth-order valence-corrected chi connectivity index (χ4v) is 4.59. The zero-order chi connectivity index (χ0) is 27.5. The van der Waals surface area contributed by atoms with Gasteiger partial charge in [-0.15, -0.1) is 10.2 Å². The van der Waals surface area contributed by atoms with Crippen molar-refractivity contribution >= 4 is 18.0 Å². The molecule has 202 valence electrons. The Bertz CT molecular complexity index is 1290. The highest BCUT2D eigenvalue weighted by Crippen LogP contribution is 2.39. The van der Waals surface area contributed by atoms with Crippen molar-refractivity contribution in [2.24, 2.45) is 0 Å². The van der Waals surface area contributed by atoms with Crippen LogP contribution in [0, 0.1) is 0 Å². The number of alkyl halides is 3. The number of hydrogen-bond acceptors (Lipinski definition) is 8. The highest BCUT2D eigenvalue weighted by atomic mass is 19.4. The van der Waals surface area contributed by atoms with E-state index < -0.39 is 23.8 Å². The van der Waals surface area contributed by atoms with Gasteiger partial charge in [-0.1, -0.05) is 0 Å². The number of carbonyl (C=O) groups excluding carboxylic acids is 2. The fraction of sp³-hybridized carbons (Fsp3) is 0.391. The lowest BCUT2D eigenvalue weighted by molar-refractivity contribution is -0.192. The Morgan fingerprint density at radius 2 is 1.84 bits per heavy atom. The highest BCUT2D eigenvalue weighted by Gasteiger charge is 2.46. The quantitative estimate of drug-likeness (QED) is 0.523. The molecule has 1 N–H and O–H groups in total. The summed E-state index contributed by atoms with van der Waals surface area (Å²) in [6.07, 6.45) is 2.27. The highest BCUT2D eigenvalue weighted by molar-refractivity contribution is 5.93. The molecule has 1 spiro atoms. The summed E-state index contributed by atoms with van der Waals surface area (Å²) in [5.41, 5.74) is 0.963. The van der Waals surface area contributed by atoms with Crippen LogP contribution in [0.25, 0.3) is 11.4 Å². The van der Waals surface area contributed by atoms with Crippen molar-refractivity contribution in [2.45, 2.75) is 31.1 Å². The first-order chi connectivity index (χ1) is 18.1. The van der Waals surface area contributed by atoms with Gasteiger partial charge in [-0.05, 0) is 31.0 Å². The number of likely N-dealkylation sites (tertiary alicyclic amines) is 1. The van der Waals surface area contributed by atoms with Crippen molar-refractivity contribution in [3.8, 4) is 11.4 Å². The van der Waals surface area contributed by atoms with Crippen LogP contribution in [0.1, 0.15) is 29.0 Å². The summed E-state index contributed by atoms with van der Waals surface area (Å²) in [6, 6.07) is 5.48. The van der Waals surface area contributed by atoms with Crippen LogP contribution in [0.4, 0.5) is 18.0 Å². The van der Waals surface area contributed by atoms with Crippen LogP contribution in [0.15, 0.2) is 47.5 Å².